The predicted octanol–water partition coefficient (Wildman–Crippen LogP) is -1.23. The van der Waals surface area contributed by atoms with Crippen molar-refractivity contribution < 1.29 is 24.3 Å². The Kier molecular flexibility index (Phi) is 5.34. The minimum atomic E-state index is -1.22. The molecule has 0 spiro atoms. The number of β-lactam (4-membered cyclic amide) rings is 1. The average molecular weight is 412 g/mol. The third-order valence-corrected chi connectivity index (χ3v) is 5.96. The van der Waals surface area contributed by atoms with Gasteiger partial charge in [-0.05, 0) is 5.57 Å². The van der Waals surface area contributed by atoms with Gasteiger partial charge < -0.3 is 26.7 Å². The molecule has 27 heavy (non-hydrogen) atoms. The van der Waals surface area contributed by atoms with Crippen LogP contribution in [0.1, 0.15) is 5.69 Å². The zero-order valence-corrected chi connectivity index (χ0v) is 15.7. The number of oxime groups is 1. The molecule has 1 saturated heterocycles. The Morgan fingerprint density at radius 2 is 2.30 bits per heavy atom. The monoisotopic (exact) mass is 412 g/mol. The molecule has 13 heteroatoms. The van der Waals surface area contributed by atoms with E-state index in [1.165, 1.54) is 24.3 Å². The van der Waals surface area contributed by atoms with Gasteiger partial charge in [0.2, 0.25) is 0 Å². The van der Waals surface area contributed by atoms with Crippen LogP contribution in [0.4, 0.5) is 5.13 Å². The number of fused-ring (bicyclic) bond motifs is 1. The van der Waals surface area contributed by atoms with Crippen molar-refractivity contribution in [3.05, 3.63) is 22.3 Å². The fourth-order valence-corrected chi connectivity index (χ4v) is 4.65. The van der Waals surface area contributed by atoms with Crippen LogP contribution in [0.15, 0.2) is 21.8 Å². The number of anilines is 1. The summed E-state index contributed by atoms with van der Waals surface area (Å²) in [6, 6.07) is -0.894. The number of carboxylic acid groups (broad SMARTS) is 1. The molecule has 11 nitrogen and oxygen atoms in total. The lowest BCUT2D eigenvalue weighted by Gasteiger charge is -2.49. The number of nitrogen functional groups attached to an aromatic ring is 1. The molecule has 0 saturated carbocycles. The van der Waals surface area contributed by atoms with Crippen molar-refractivity contribution in [1.29, 1.82) is 0 Å². The molecule has 3 heterocycles. The van der Waals surface area contributed by atoms with Crippen LogP contribution < -0.4 is 16.8 Å². The number of carbonyl (C=O) groups is 3. The van der Waals surface area contributed by atoms with Gasteiger partial charge in [0.15, 0.2) is 10.8 Å². The summed E-state index contributed by atoms with van der Waals surface area (Å²) in [5.41, 5.74) is 11.6. The van der Waals surface area contributed by atoms with Crippen molar-refractivity contribution in [2.45, 2.75) is 11.4 Å². The molecule has 1 fully saturated rings. The molecule has 2 amide bonds. The number of carboxylic acids is 1. The van der Waals surface area contributed by atoms with Crippen LogP contribution in [0.3, 0.4) is 0 Å². The van der Waals surface area contributed by atoms with Crippen molar-refractivity contribution in [2.75, 3.05) is 25.1 Å². The zero-order valence-electron chi connectivity index (χ0n) is 14.0. The molecule has 2 atom stereocenters. The van der Waals surface area contributed by atoms with E-state index < -0.39 is 29.2 Å². The van der Waals surface area contributed by atoms with Crippen LogP contribution in [0.2, 0.25) is 0 Å². The fraction of sp³-hybridized carbons (Fsp3) is 0.357. The highest BCUT2D eigenvalue weighted by Crippen LogP contribution is 2.40. The highest BCUT2D eigenvalue weighted by Gasteiger charge is 2.54. The van der Waals surface area contributed by atoms with Gasteiger partial charge in [0.1, 0.15) is 29.9 Å². The quantitative estimate of drug-likeness (QED) is 0.253. The Hall–Kier alpha value is -2.64. The average Bonchev–Trinajstić information content (AvgIpc) is 3.08. The summed E-state index contributed by atoms with van der Waals surface area (Å²) in [6.07, 6.45) is 0. The van der Waals surface area contributed by atoms with Gasteiger partial charge in [-0.25, -0.2) is 9.78 Å². The number of nitrogens with one attached hydrogen (secondary N) is 1. The second-order valence-electron chi connectivity index (χ2n) is 5.52. The number of amides is 2. The lowest BCUT2D eigenvalue weighted by molar-refractivity contribution is -0.150. The summed E-state index contributed by atoms with van der Waals surface area (Å²) >= 11 is 2.46. The molecular weight excluding hydrogens is 396 g/mol. The van der Waals surface area contributed by atoms with E-state index in [1.54, 1.807) is 0 Å². The SMILES string of the molecule is CON=C(C(=O)NC1C(=O)N2C(C(=O)O)=C(CN)CSC12)c1csc(N)n1. The Morgan fingerprint density at radius 1 is 1.56 bits per heavy atom. The number of aromatic nitrogens is 1. The van der Waals surface area contributed by atoms with Crippen LogP contribution in [-0.4, -0.2) is 69.3 Å². The first-order valence-electron chi connectivity index (χ1n) is 7.62. The number of hydrogen-bond acceptors (Lipinski definition) is 10. The lowest BCUT2D eigenvalue weighted by atomic mass is 10.0. The highest BCUT2D eigenvalue weighted by atomic mass is 32.2. The Bertz CT molecular complexity index is 866. The molecule has 2 aliphatic heterocycles. The second-order valence-corrected chi connectivity index (χ2v) is 7.51. The molecule has 0 aromatic carbocycles. The molecule has 2 unspecified atom stereocenters. The summed E-state index contributed by atoms with van der Waals surface area (Å²) in [5.74, 6) is -2.07. The third kappa shape index (κ3) is 3.36. The van der Waals surface area contributed by atoms with E-state index in [4.69, 9.17) is 11.5 Å². The number of nitrogens with zero attached hydrogens (tertiary/aromatic N) is 3. The van der Waals surface area contributed by atoms with Gasteiger partial charge in [-0.15, -0.1) is 23.1 Å². The minimum Gasteiger partial charge on any atom is -0.477 e. The van der Waals surface area contributed by atoms with Crippen LogP contribution in [-0.2, 0) is 19.2 Å². The van der Waals surface area contributed by atoms with Crippen LogP contribution >= 0.6 is 23.1 Å². The molecule has 0 radical (unpaired) electrons. The molecule has 0 aliphatic carbocycles. The lowest BCUT2D eigenvalue weighted by Crippen LogP contribution is -2.71. The molecule has 1 aromatic rings. The van der Waals surface area contributed by atoms with Gasteiger partial charge >= 0.3 is 5.97 Å². The van der Waals surface area contributed by atoms with E-state index in [2.05, 4.69) is 20.3 Å². The van der Waals surface area contributed by atoms with Crippen LogP contribution in [0.5, 0.6) is 0 Å². The van der Waals surface area contributed by atoms with Gasteiger partial charge in [0.05, 0.1) is 0 Å². The van der Waals surface area contributed by atoms with Crippen molar-refractivity contribution in [3.8, 4) is 0 Å². The fourth-order valence-electron chi connectivity index (χ4n) is 2.74. The molecular formula is C14H16N6O5S2. The van der Waals surface area contributed by atoms with Crippen molar-refractivity contribution in [2.24, 2.45) is 10.9 Å². The summed E-state index contributed by atoms with van der Waals surface area (Å²) in [4.78, 5) is 46.4. The number of carbonyl (C=O) groups excluding carboxylic acids is 2. The number of hydrogen-bond donors (Lipinski definition) is 4. The molecule has 1 aromatic heterocycles. The van der Waals surface area contributed by atoms with Gasteiger partial charge in [-0.1, -0.05) is 5.16 Å². The predicted molar refractivity (Wildman–Crippen MR) is 98.8 cm³/mol. The smallest absolute Gasteiger partial charge is 0.352 e. The maximum Gasteiger partial charge on any atom is 0.352 e. The van der Waals surface area contributed by atoms with Crippen LogP contribution in [0.25, 0.3) is 0 Å². The molecule has 3 rings (SSSR count). The van der Waals surface area contributed by atoms with Crippen molar-refractivity contribution >= 4 is 51.7 Å². The summed E-state index contributed by atoms with van der Waals surface area (Å²) in [7, 11) is 1.27. The first-order chi connectivity index (χ1) is 12.9. The molecule has 6 N–H and O–H groups in total. The third-order valence-electron chi connectivity index (χ3n) is 3.95. The Morgan fingerprint density at radius 3 is 2.85 bits per heavy atom. The van der Waals surface area contributed by atoms with Crippen molar-refractivity contribution in [3.63, 3.8) is 0 Å². The standard InChI is InChI=1S/C14H16N6O5S2/c1-25-19-7(6-4-27-14(16)17-6)10(21)18-8-11(22)20-9(13(23)24)5(2-15)3-26-12(8)20/h4,8,12H,2-3,15H2,1H3,(H2,16,17)(H,18,21)(H,23,24). The number of aliphatic carboxylic acids is 1. The van der Waals surface area contributed by atoms with E-state index in [-0.39, 0.29) is 28.8 Å². The maximum atomic E-state index is 12.6. The zero-order chi connectivity index (χ0) is 19.7. The first-order valence-corrected chi connectivity index (χ1v) is 9.55. The maximum absolute atomic E-state index is 12.6. The van der Waals surface area contributed by atoms with E-state index in [0.717, 1.165) is 16.2 Å². The normalized spacial score (nSPS) is 22.2. The van der Waals surface area contributed by atoms with Gasteiger partial charge in [-0.3, -0.25) is 14.5 Å². The number of nitrogens with two attached hydrogens (primary N) is 2. The molecule has 0 bridgehead atoms. The van der Waals surface area contributed by atoms with Gasteiger partial charge in [0.25, 0.3) is 11.8 Å². The number of thiazole rings is 1. The number of thioether (sulfide) groups is 1. The van der Waals surface area contributed by atoms with E-state index >= 15 is 0 Å². The van der Waals surface area contributed by atoms with Crippen molar-refractivity contribution in [1.82, 2.24) is 15.2 Å². The second kappa shape index (κ2) is 7.54. The topological polar surface area (TPSA) is 173 Å². The van der Waals surface area contributed by atoms with Gasteiger partial charge in [-0.2, -0.15) is 0 Å². The van der Waals surface area contributed by atoms with Crippen LogP contribution in [0, 0.1) is 0 Å². The molecule has 144 valence electrons. The highest BCUT2D eigenvalue weighted by molar-refractivity contribution is 8.00. The van der Waals surface area contributed by atoms with E-state index in [9.17, 15) is 19.5 Å². The van der Waals surface area contributed by atoms with Gasteiger partial charge in [0, 0.05) is 17.7 Å². The Balaban J connectivity index is 1.79. The Labute approximate surface area is 161 Å². The van der Waals surface area contributed by atoms with E-state index in [0.29, 0.717) is 11.3 Å². The number of rotatable bonds is 6. The summed E-state index contributed by atoms with van der Waals surface area (Å²) in [5, 5.41) is 16.9. The molecule has 2 aliphatic rings. The summed E-state index contributed by atoms with van der Waals surface area (Å²) in [6.45, 7) is 0.0397. The van der Waals surface area contributed by atoms with E-state index in [1.807, 2.05) is 0 Å². The minimum absolute atomic E-state index is 0.0397. The summed E-state index contributed by atoms with van der Waals surface area (Å²) < 4.78 is 0. The largest absolute Gasteiger partial charge is 0.477 e. The first kappa shape index (κ1) is 19.1.